The van der Waals surface area contributed by atoms with Gasteiger partial charge in [0.25, 0.3) is 0 Å². The molecule has 1 N–H and O–H groups in total. The molecule has 0 saturated heterocycles. The SMILES string of the molecule is O=C(CNc1cc(Cl)ccc1OCC(F)(F)F)N1CCc2sccc2C1. The lowest BCUT2D eigenvalue weighted by molar-refractivity contribution is -0.153. The summed E-state index contributed by atoms with van der Waals surface area (Å²) in [5, 5.41) is 5.18. The van der Waals surface area contributed by atoms with Crippen molar-refractivity contribution in [3.8, 4) is 5.75 Å². The minimum Gasteiger partial charge on any atom is -0.482 e. The molecule has 1 aliphatic heterocycles. The Morgan fingerprint density at radius 3 is 2.92 bits per heavy atom. The number of carbonyl (C=O) groups is 1. The minimum absolute atomic E-state index is 0.00158. The fraction of sp³-hybridized carbons (Fsp3) is 0.353. The van der Waals surface area contributed by atoms with Crippen molar-refractivity contribution in [2.24, 2.45) is 0 Å². The highest BCUT2D eigenvalue weighted by molar-refractivity contribution is 7.10. The van der Waals surface area contributed by atoms with Crippen LogP contribution in [-0.4, -0.2) is 36.7 Å². The van der Waals surface area contributed by atoms with Crippen LogP contribution in [0, 0.1) is 0 Å². The van der Waals surface area contributed by atoms with Crippen molar-refractivity contribution in [2.45, 2.75) is 19.1 Å². The maximum absolute atomic E-state index is 12.4. The molecule has 1 aromatic heterocycles. The first kappa shape index (κ1) is 18.8. The van der Waals surface area contributed by atoms with Crippen molar-refractivity contribution >= 4 is 34.5 Å². The molecule has 9 heteroatoms. The summed E-state index contributed by atoms with van der Waals surface area (Å²) in [6, 6.07) is 6.23. The Balaban J connectivity index is 1.62. The molecule has 1 aliphatic rings. The van der Waals surface area contributed by atoms with Gasteiger partial charge in [-0.15, -0.1) is 11.3 Å². The van der Waals surface area contributed by atoms with E-state index in [0.717, 1.165) is 12.0 Å². The van der Waals surface area contributed by atoms with Crippen LogP contribution in [0.25, 0.3) is 0 Å². The number of hydrogen-bond donors (Lipinski definition) is 1. The molecule has 1 amide bonds. The molecule has 140 valence electrons. The van der Waals surface area contributed by atoms with Crippen LogP contribution in [0.1, 0.15) is 10.4 Å². The molecule has 0 saturated carbocycles. The molecule has 0 aliphatic carbocycles. The van der Waals surface area contributed by atoms with E-state index in [-0.39, 0.29) is 23.9 Å². The van der Waals surface area contributed by atoms with Gasteiger partial charge in [-0.2, -0.15) is 13.2 Å². The molecular weight excluding hydrogens is 389 g/mol. The predicted molar refractivity (Wildman–Crippen MR) is 94.9 cm³/mol. The Labute approximate surface area is 157 Å². The van der Waals surface area contributed by atoms with Crippen LogP contribution in [0.15, 0.2) is 29.6 Å². The number of amides is 1. The standard InChI is InChI=1S/C17H16ClF3N2O2S/c18-12-1-2-14(25-10-17(19,20)21)13(7-12)22-8-16(24)23-5-3-15-11(9-23)4-6-26-15/h1-2,4,6-7,22H,3,5,8-10H2. The lowest BCUT2D eigenvalue weighted by Crippen LogP contribution is -2.38. The van der Waals surface area contributed by atoms with Gasteiger partial charge in [-0.05, 0) is 41.6 Å². The number of rotatable bonds is 5. The Morgan fingerprint density at radius 2 is 2.15 bits per heavy atom. The second kappa shape index (κ2) is 7.75. The number of ether oxygens (including phenoxy) is 1. The zero-order valence-electron chi connectivity index (χ0n) is 13.6. The first-order valence-electron chi connectivity index (χ1n) is 7.88. The fourth-order valence-corrected chi connectivity index (χ4v) is 3.73. The van der Waals surface area contributed by atoms with Gasteiger partial charge >= 0.3 is 6.18 Å². The number of nitrogens with one attached hydrogen (secondary N) is 1. The van der Waals surface area contributed by atoms with Crippen molar-refractivity contribution < 1.29 is 22.7 Å². The molecule has 0 bridgehead atoms. The Morgan fingerprint density at radius 1 is 1.35 bits per heavy atom. The first-order chi connectivity index (χ1) is 12.3. The fourth-order valence-electron chi connectivity index (χ4n) is 2.67. The van der Waals surface area contributed by atoms with Crippen LogP contribution in [0.3, 0.4) is 0 Å². The van der Waals surface area contributed by atoms with Gasteiger partial charge in [0.15, 0.2) is 6.61 Å². The van der Waals surface area contributed by atoms with E-state index in [9.17, 15) is 18.0 Å². The molecular formula is C17H16ClF3N2O2S. The molecule has 2 heterocycles. The summed E-state index contributed by atoms with van der Waals surface area (Å²) < 4.78 is 41.9. The molecule has 26 heavy (non-hydrogen) atoms. The van der Waals surface area contributed by atoms with Gasteiger partial charge in [0, 0.05) is 23.0 Å². The summed E-state index contributed by atoms with van der Waals surface area (Å²) in [5.74, 6) is -0.137. The molecule has 2 aromatic rings. The monoisotopic (exact) mass is 404 g/mol. The summed E-state index contributed by atoms with van der Waals surface area (Å²) in [6.07, 6.45) is -3.63. The van der Waals surface area contributed by atoms with Gasteiger partial charge in [-0.25, -0.2) is 0 Å². The van der Waals surface area contributed by atoms with Gasteiger partial charge < -0.3 is 15.0 Å². The third-order valence-electron chi connectivity index (χ3n) is 3.92. The number of hydrogen-bond acceptors (Lipinski definition) is 4. The highest BCUT2D eigenvalue weighted by atomic mass is 35.5. The maximum atomic E-state index is 12.4. The minimum atomic E-state index is -4.45. The smallest absolute Gasteiger partial charge is 0.422 e. The van der Waals surface area contributed by atoms with E-state index in [1.165, 1.54) is 23.1 Å². The van der Waals surface area contributed by atoms with Gasteiger partial charge in [0.1, 0.15) is 5.75 Å². The van der Waals surface area contributed by atoms with Crippen molar-refractivity contribution in [3.05, 3.63) is 45.1 Å². The second-order valence-corrected chi connectivity index (χ2v) is 7.27. The van der Waals surface area contributed by atoms with Crippen LogP contribution >= 0.6 is 22.9 Å². The predicted octanol–water partition coefficient (Wildman–Crippen LogP) is 4.34. The van der Waals surface area contributed by atoms with Crippen LogP contribution < -0.4 is 10.1 Å². The van der Waals surface area contributed by atoms with E-state index in [1.54, 1.807) is 16.2 Å². The average molecular weight is 405 g/mol. The van der Waals surface area contributed by atoms with Crippen molar-refractivity contribution in [1.29, 1.82) is 0 Å². The van der Waals surface area contributed by atoms with Crippen LogP contribution in [0.2, 0.25) is 5.02 Å². The van der Waals surface area contributed by atoms with Crippen molar-refractivity contribution in [1.82, 2.24) is 4.90 Å². The number of thiophene rings is 1. The summed E-state index contributed by atoms with van der Waals surface area (Å²) in [5.41, 5.74) is 1.40. The quantitative estimate of drug-likeness (QED) is 0.806. The van der Waals surface area contributed by atoms with Gasteiger partial charge in [-0.1, -0.05) is 11.6 Å². The first-order valence-corrected chi connectivity index (χ1v) is 9.13. The van der Waals surface area contributed by atoms with E-state index in [0.29, 0.717) is 18.1 Å². The van der Waals surface area contributed by atoms with Gasteiger partial charge in [0.05, 0.1) is 12.2 Å². The molecule has 0 unspecified atom stereocenters. The summed E-state index contributed by atoms with van der Waals surface area (Å²) in [4.78, 5) is 15.4. The normalized spacial score (nSPS) is 14.1. The van der Waals surface area contributed by atoms with Crippen molar-refractivity contribution in [2.75, 3.05) is 25.0 Å². The number of benzene rings is 1. The molecule has 1 aromatic carbocycles. The largest absolute Gasteiger partial charge is 0.482 e. The van der Waals surface area contributed by atoms with E-state index in [4.69, 9.17) is 16.3 Å². The number of anilines is 1. The molecule has 0 spiro atoms. The number of carbonyl (C=O) groups excluding carboxylic acids is 1. The summed E-state index contributed by atoms with van der Waals surface area (Å²) in [7, 11) is 0. The highest BCUT2D eigenvalue weighted by Crippen LogP contribution is 2.30. The number of fused-ring (bicyclic) bond motifs is 1. The maximum Gasteiger partial charge on any atom is 0.422 e. The Bertz CT molecular complexity index is 795. The molecule has 0 atom stereocenters. The molecule has 3 rings (SSSR count). The lowest BCUT2D eigenvalue weighted by atomic mass is 10.1. The van der Waals surface area contributed by atoms with Crippen LogP contribution in [0.5, 0.6) is 5.75 Å². The Kier molecular flexibility index (Phi) is 5.62. The van der Waals surface area contributed by atoms with Gasteiger partial charge in [0.2, 0.25) is 5.91 Å². The zero-order chi connectivity index (χ0) is 18.7. The van der Waals surface area contributed by atoms with E-state index in [1.807, 2.05) is 11.4 Å². The van der Waals surface area contributed by atoms with E-state index >= 15 is 0 Å². The van der Waals surface area contributed by atoms with E-state index < -0.39 is 12.8 Å². The Hall–Kier alpha value is -1.93. The topological polar surface area (TPSA) is 41.6 Å². The molecule has 0 fully saturated rings. The van der Waals surface area contributed by atoms with Gasteiger partial charge in [-0.3, -0.25) is 4.79 Å². The third kappa shape index (κ3) is 4.82. The van der Waals surface area contributed by atoms with Crippen LogP contribution in [-0.2, 0) is 17.8 Å². The van der Waals surface area contributed by atoms with Crippen LogP contribution in [0.4, 0.5) is 18.9 Å². The number of alkyl halides is 3. The number of halogens is 4. The highest BCUT2D eigenvalue weighted by Gasteiger charge is 2.29. The number of nitrogens with zero attached hydrogens (tertiary/aromatic N) is 1. The summed E-state index contributed by atoms with van der Waals surface area (Å²) in [6.45, 7) is -0.292. The van der Waals surface area contributed by atoms with E-state index in [2.05, 4.69) is 5.32 Å². The van der Waals surface area contributed by atoms with Crippen molar-refractivity contribution in [3.63, 3.8) is 0 Å². The lowest BCUT2D eigenvalue weighted by Gasteiger charge is -2.27. The molecule has 4 nitrogen and oxygen atoms in total. The average Bonchev–Trinajstić information content (AvgIpc) is 3.05. The second-order valence-electron chi connectivity index (χ2n) is 5.83. The zero-order valence-corrected chi connectivity index (χ0v) is 15.2. The molecule has 0 radical (unpaired) electrons. The third-order valence-corrected chi connectivity index (χ3v) is 5.18. The summed E-state index contributed by atoms with van der Waals surface area (Å²) >= 11 is 7.59.